The molecule has 1 amide bonds. The standard InChI is InChI=1S/C18H18FN3O4S/c1-2-3-9-26-14-6-4-5-12(10-14)17(23)21-18(27)20-13-7-8-15(19)16(11-13)22(24)25/h4-8,10-11H,2-3,9H2,1H3,(H2,20,21,23,27). The highest BCUT2D eigenvalue weighted by Gasteiger charge is 2.15. The number of carbonyl (C=O) groups excluding carboxylic acids is 1. The van der Waals surface area contributed by atoms with Gasteiger partial charge in [0, 0.05) is 17.3 Å². The Bertz CT molecular complexity index is 860. The van der Waals surface area contributed by atoms with Crippen molar-refractivity contribution in [2.24, 2.45) is 0 Å². The minimum absolute atomic E-state index is 0.0711. The van der Waals surface area contributed by atoms with Crippen molar-refractivity contribution < 1.29 is 18.8 Å². The molecule has 142 valence electrons. The Morgan fingerprint density at radius 3 is 2.78 bits per heavy atom. The monoisotopic (exact) mass is 391 g/mol. The molecule has 0 unspecified atom stereocenters. The van der Waals surface area contributed by atoms with Crippen LogP contribution in [-0.4, -0.2) is 22.5 Å². The molecule has 9 heteroatoms. The van der Waals surface area contributed by atoms with Crippen LogP contribution >= 0.6 is 12.2 Å². The van der Waals surface area contributed by atoms with E-state index in [2.05, 4.69) is 17.6 Å². The molecule has 2 rings (SSSR count). The zero-order chi connectivity index (χ0) is 19.8. The van der Waals surface area contributed by atoms with E-state index in [0.717, 1.165) is 25.0 Å². The normalized spacial score (nSPS) is 10.1. The third-order valence-corrected chi connectivity index (χ3v) is 3.69. The fourth-order valence-electron chi connectivity index (χ4n) is 2.13. The SMILES string of the molecule is CCCCOc1cccc(C(=O)NC(=S)Nc2ccc(F)c([N+](=O)[O-])c2)c1. The number of hydrogen-bond donors (Lipinski definition) is 2. The minimum Gasteiger partial charge on any atom is -0.494 e. The number of nitro benzene ring substituents is 1. The van der Waals surface area contributed by atoms with Crippen LogP contribution in [0.2, 0.25) is 0 Å². The predicted molar refractivity (Wildman–Crippen MR) is 104 cm³/mol. The number of carbonyl (C=O) groups is 1. The van der Waals surface area contributed by atoms with Gasteiger partial charge in [-0.1, -0.05) is 19.4 Å². The van der Waals surface area contributed by atoms with Crippen molar-refractivity contribution in [3.05, 3.63) is 64.0 Å². The maximum atomic E-state index is 13.4. The van der Waals surface area contributed by atoms with Crippen molar-refractivity contribution in [1.82, 2.24) is 5.32 Å². The smallest absolute Gasteiger partial charge is 0.306 e. The second kappa shape index (κ2) is 9.58. The van der Waals surface area contributed by atoms with E-state index >= 15 is 0 Å². The average molecular weight is 391 g/mol. The number of ether oxygens (including phenoxy) is 1. The van der Waals surface area contributed by atoms with Gasteiger partial charge < -0.3 is 10.1 Å². The molecule has 2 aromatic rings. The third-order valence-electron chi connectivity index (χ3n) is 3.49. The van der Waals surface area contributed by atoms with E-state index in [1.165, 1.54) is 6.07 Å². The number of hydrogen-bond acceptors (Lipinski definition) is 5. The molecule has 0 aromatic heterocycles. The number of unbranched alkanes of at least 4 members (excludes halogenated alkanes) is 1. The Hall–Kier alpha value is -3.07. The fraction of sp³-hybridized carbons (Fsp3) is 0.222. The van der Waals surface area contributed by atoms with Crippen LogP contribution in [0, 0.1) is 15.9 Å². The summed E-state index contributed by atoms with van der Waals surface area (Å²) in [5, 5.41) is 15.8. The Balaban J connectivity index is 1.99. The lowest BCUT2D eigenvalue weighted by Crippen LogP contribution is -2.34. The van der Waals surface area contributed by atoms with Gasteiger partial charge in [0.2, 0.25) is 5.82 Å². The number of nitrogens with zero attached hydrogens (tertiary/aromatic N) is 1. The summed E-state index contributed by atoms with van der Waals surface area (Å²) in [5.41, 5.74) is -0.158. The maximum absolute atomic E-state index is 13.4. The van der Waals surface area contributed by atoms with E-state index in [9.17, 15) is 19.3 Å². The van der Waals surface area contributed by atoms with Gasteiger partial charge in [0.05, 0.1) is 11.5 Å². The molecule has 0 heterocycles. The molecule has 2 aromatic carbocycles. The molecule has 27 heavy (non-hydrogen) atoms. The summed E-state index contributed by atoms with van der Waals surface area (Å²) in [6, 6.07) is 9.86. The zero-order valence-corrected chi connectivity index (χ0v) is 15.3. The first kappa shape index (κ1) is 20.2. The highest BCUT2D eigenvalue weighted by molar-refractivity contribution is 7.80. The number of benzene rings is 2. The number of nitro groups is 1. The Morgan fingerprint density at radius 2 is 2.07 bits per heavy atom. The summed E-state index contributed by atoms with van der Waals surface area (Å²) < 4.78 is 18.9. The largest absolute Gasteiger partial charge is 0.494 e. The van der Waals surface area contributed by atoms with Gasteiger partial charge in [0.1, 0.15) is 5.75 Å². The number of nitrogens with one attached hydrogen (secondary N) is 2. The summed E-state index contributed by atoms with van der Waals surface area (Å²) in [6.07, 6.45) is 1.91. The summed E-state index contributed by atoms with van der Waals surface area (Å²) in [6.45, 7) is 2.61. The highest BCUT2D eigenvalue weighted by atomic mass is 32.1. The van der Waals surface area contributed by atoms with Gasteiger partial charge in [-0.15, -0.1) is 0 Å². The average Bonchev–Trinajstić information content (AvgIpc) is 2.63. The van der Waals surface area contributed by atoms with Crippen LogP contribution in [0.25, 0.3) is 0 Å². The summed E-state index contributed by atoms with van der Waals surface area (Å²) >= 11 is 5.03. The fourth-order valence-corrected chi connectivity index (χ4v) is 2.34. The van der Waals surface area contributed by atoms with Gasteiger partial charge in [-0.3, -0.25) is 20.2 Å². The van der Waals surface area contributed by atoms with Crippen molar-refractivity contribution in [1.29, 1.82) is 0 Å². The second-order valence-electron chi connectivity index (χ2n) is 5.56. The van der Waals surface area contributed by atoms with Gasteiger partial charge >= 0.3 is 5.69 Å². The molecule has 0 aliphatic rings. The highest BCUT2D eigenvalue weighted by Crippen LogP contribution is 2.21. The molecular weight excluding hydrogens is 373 g/mol. The van der Waals surface area contributed by atoms with Crippen LogP contribution in [0.1, 0.15) is 30.1 Å². The predicted octanol–water partition coefficient (Wildman–Crippen LogP) is 4.04. The quantitative estimate of drug-likeness (QED) is 0.320. The molecule has 0 radical (unpaired) electrons. The first-order chi connectivity index (χ1) is 12.9. The molecule has 0 atom stereocenters. The number of anilines is 1. The number of halogens is 1. The van der Waals surface area contributed by atoms with Gasteiger partial charge in [-0.25, -0.2) is 0 Å². The molecule has 0 saturated carbocycles. The van der Waals surface area contributed by atoms with Gasteiger partial charge in [-0.05, 0) is 49.0 Å². The van der Waals surface area contributed by atoms with E-state index in [0.29, 0.717) is 17.9 Å². The molecule has 0 fully saturated rings. The molecule has 0 aliphatic carbocycles. The number of rotatable bonds is 7. The van der Waals surface area contributed by atoms with E-state index in [4.69, 9.17) is 17.0 Å². The minimum atomic E-state index is -0.958. The number of amides is 1. The number of thiocarbonyl (C=S) groups is 1. The molecular formula is C18H18FN3O4S. The second-order valence-corrected chi connectivity index (χ2v) is 5.97. The third kappa shape index (κ3) is 6.00. The summed E-state index contributed by atoms with van der Waals surface area (Å²) in [5.74, 6) is -0.852. The lowest BCUT2D eigenvalue weighted by molar-refractivity contribution is -0.387. The summed E-state index contributed by atoms with van der Waals surface area (Å²) in [7, 11) is 0. The van der Waals surface area contributed by atoms with E-state index in [1.807, 2.05) is 0 Å². The van der Waals surface area contributed by atoms with Gasteiger partial charge in [-0.2, -0.15) is 4.39 Å². The molecule has 2 N–H and O–H groups in total. The molecule has 0 aliphatic heterocycles. The maximum Gasteiger partial charge on any atom is 0.306 e. The first-order valence-corrected chi connectivity index (χ1v) is 8.60. The summed E-state index contributed by atoms with van der Waals surface area (Å²) in [4.78, 5) is 22.2. The van der Waals surface area contributed by atoms with Crippen LogP contribution in [0.4, 0.5) is 15.8 Å². The lowest BCUT2D eigenvalue weighted by atomic mass is 10.2. The Labute approximate surface area is 160 Å². The van der Waals surface area contributed by atoms with Crippen molar-refractivity contribution >= 4 is 34.6 Å². The Morgan fingerprint density at radius 1 is 1.30 bits per heavy atom. The van der Waals surface area contributed by atoms with Crippen molar-refractivity contribution in [2.75, 3.05) is 11.9 Å². The van der Waals surface area contributed by atoms with Crippen molar-refractivity contribution in [3.63, 3.8) is 0 Å². The topological polar surface area (TPSA) is 93.5 Å². The van der Waals surface area contributed by atoms with Crippen LogP contribution < -0.4 is 15.4 Å². The van der Waals surface area contributed by atoms with Crippen molar-refractivity contribution in [2.45, 2.75) is 19.8 Å². The van der Waals surface area contributed by atoms with E-state index in [-0.39, 0.29) is 10.8 Å². The first-order valence-electron chi connectivity index (χ1n) is 8.20. The molecule has 7 nitrogen and oxygen atoms in total. The molecule has 0 saturated heterocycles. The van der Waals surface area contributed by atoms with Crippen LogP contribution in [0.3, 0.4) is 0 Å². The van der Waals surface area contributed by atoms with E-state index < -0.39 is 22.3 Å². The van der Waals surface area contributed by atoms with Crippen molar-refractivity contribution in [3.8, 4) is 5.75 Å². The van der Waals surface area contributed by atoms with Gasteiger partial charge in [0.25, 0.3) is 5.91 Å². The lowest BCUT2D eigenvalue weighted by Gasteiger charge is -2.11. The van der Waals surface area contributed by atoms with Crippen LogP contribution in [0.5, 0.6) is 5.75 Å². The molecule has 0 bridgehead atoms. The van der Waals surface area contributed by atoms with E-state index in [1.54, 1.807) is 24.3 Å². The van der Waals surface area contributed by atoms with Crippen LogP contribution in [0.15, 0.2) is 42.5 Å². The Kier molecular flexibility index (Phi) is 7.18. The van der Waals surface area contributed by atoms with Crippen LogP contribution in [-0.2, 0) is 0 Å². The van der Waals surface area contributed by atoms with Gasteiger partial charge in [0.15, 0.2) is 5.11 Å². The molecule has 0 spiro atoms. The zero-order valence-electron chi connectivity index (χ0n) is 14.5.